The molecule has 4 heteroatoms. The Morgan fingerprint density at radius 3 is 1.08 bits per heavy atom. The van der Waals surface area contributed by atoms with Gasteiger partial charge in [-0.2, -0.15) is 0 Å². The third kappa shape index (κ3) is 5.04. The van der Waals surface area contributed by atoms with Gasteiger partial charge in [0.05, 0.1) is 0 Å². The first-order valence-electron chi connectivity index (χ1n) is 16.8. The van der Waals surface area contributed by atoms with Crippen LogP contribution >= 0.6 is 17.0 Å². The normalized spacial score (nSPS) is 17.6. The van der Waals surface area contributed by atoms with E-state index in [1.807, 2.05) is 0 Å². The van der Waals surface area contributed by atoms with Crippen molar-refractivity contribution in [2.75, 3.05) is 0 Å². The predicted octanol–water partition coefficient (Wildman–Crippen LogP) is 12.9. The first kappa shape index (κ1) is 31.7. The predicted molar refractivity (Wildman–Crippen MR) is 208 cm³/mol. The Balaban J connectivity index is 1.43. The molecule has 0 aromatic heterocycles. The van der Waals surface area contributed by atoms with Crippen molar-refractivity contribution in [3.63, 3.8) is 0 Å². The molecule has 0 saturated heterocycles. The second-order valence-corrected chi connectivity index (χ2v) is 56.0. The number of allylic oxidation sites excluding steroid dienone is 2. The summed E-state index contributed by atoms with van der Waals surface area (Å²) >= 11 is -5.11. The fraction of sp³-hybridized carbons (Fsp3) is 0.0909. The summed E-state index contributed by atoms with van der Waals surface area (Å²) in [5, 5.41) is 0. The Morgan fingerprint density at radius 1 is 0.417 bits per heavy atom. The molecule has 0 saturated carbocycles. The summed E-state index contributed by atoms with van der Waals surface area (Å²) in [6, 6.07) is 56.7. The van der Waals surface area contributed by atoms with Crippen LogP contribution in [0.25, 0.3) is 45.6 Å². The molecular formula is C44H37Cl2SiZr. The van der Waals surface area contributed by atoms with E-state index in [-0.39, 0.29) is 7.25 Å². The first-order chi connectivity index (χ1) is 23.4. The third-order valence-electron chi connectivity index (χ3n) is 10.7. The van der Waals surface area contributed by atoms with Crippen molar-refractivity contribution in [3.8, 4) is 22.3 Å². The minimum absolute atomic E-state index is 0.0639. The molecule has 0 aliphatic heterocycles. The quantitative estimate of drug-likeness (QED) is 0.142. The van der Waals surface area contributed by atoms with Crippen molar-refractivity contribution in [1.82, 2.24) is 0 Å². The molecule has 2 aliphatic rings. The minimum atomic E-state index is -5.11. The summed E-state index contributed by atoms with van der Waals surface area (Å²) in [7, 11) is 17.7. The second kappa shape index (κ2) is 12.4. The van der Waals surface area contributed by atoms with Crippen molar-refractivity contribution in [2.45, 2.75) is 20.3 Å². The van der Waals surface area contributed by atoms with Gasteiger partial charge in [0.15, 0.2) is 0 Å². The summed E-state index contributed by atoms with van der Waals surface area (Å²) in [4.78, 5) is 0. The zero-order valence-corrected chi connectivity index (χ0v) is 32.3. The maximum atomic E-state index is 8.84. The second-order valence-electron chi connectivity index (χ2n) is 13.5. The number of benzene rings is 6. The Hall–Kier alpha value is -3.52. The molecule has 2 atom stereocenters. The zero-order valence-electron chi connectivity index (χ0n) is 27.2. The molecule has 0 amide bonds. The van der Waals surface area contributed by atoms with Gasteiger partial charge in [0.25, 0.3) is 0 Å². The van der Waals surface area contributed by atoms with E-state index in [0.717, 1.165) is 0 Å². The number of hydrogen-bond acceptors (Lipinski definition) is 0. The molecule has 6 aromatic carbocycles. The van der Waals surface area contributed by atoms with Gasteiger partial charge in [0.1, 0.15) is 0 Å². The van der Waals surface area contributed by atoms with Crippen molar-refractivity contribution in [2.24, 2.45) is 0 Å². The van der Waals surface area contributed by atoms with Crippen LogP contribution in [0.2, 0.25) is 13.1 Å². The monoisotopic (exact) mass is 753 g/mol. The fourth-order valence-corrected chi connectivity index (χ4v) is 38.4. The van der Waals surface area contributed by atoms with Gasteiger partial charge in [-0.1, -0.05) is 0 Å². The molecule has 8 rings (SSSR count). The number of hydrogen-bond donors (Lipinski definition) is 0. The molecule has 0 fully saturated rings. The molecule has 0 heterocycles. The van der Waals surface area contributed by atoms with Crippen LogP contribution in [0.15, 0.2) is 158 Å². The van der Waals surface area contributed by atoms with Crippen molar-refractivity contribution < 1.29 is 15.6 Å². The van der Waals surface area contributed by atoms with Gasteiger partial charge in [-0.25, -0.2) is 0 Å². The van der Waals surface area contributed by atoms with E-state index in [0.29, 0.717) is 0 Å². The van der Waals surface area contributed by atoms with Crippen LogP contribution in [0.1, 0.15) is 40.6 Å². The van der Waals surface area contributed by atoms with Crippen LogP contribution in [-0.2, 0) is 15.6 Å². The Morgan fingerprint density at radius 2 is 0.750 bits per heavy atom. The summed E-state index contributed by atoms with van der Waals surface area (Å²) in [6.07, 6.45) is 4.85. The maximum absolute atomic E-state index is 8.84. The van der Waals surface area contributed by atoms with E-state index < -0.39 is 21.5 Å². The number of halogens is 2. The number of fused-ring (bicyclic) bond motifs is 2. The SMILES string of the molecule is C[SiH](C)[Zr]([Cl])([Cl])([CH]1C(c2ccccc2)=Cc2c(-c3ccccc3)cccc21)[CH]1C(c2ccccc2)=Cc2c(-c3ccccc3)cccc21. The Kier molecular flexibility index (Phi) is 8.21. The molecule has 235 valence electrons. The van der Waals surface area contributed by atoms with Crippen LogP contribution in [0.4, 0.5) is 0 Å². The number of rotatable bonds is 7. The van der Waals surface area contributed by atoms with Crippen LogP contribution in [0, 0.1) is 0 Å². The topological polar surface area (TPSA) is 0 Å². The van der Waals surface area contributed by atoms with Crippen molar-refractivity contribution in [1.29, 1.82) is 0 Å². The van der Waals surface area contributed by atoms with Crippen LogP contribution < -0.4 is 0 Å². The average molecular weight is 756 g/mol. The van der Waals surface area contributed by atoms with Gasteiger partial charge in [-0.3, -0.25) is 0 Å². The molecule has 48 heavy (non-hydrogen) atoms. The standard InChI is InChI=1S/2C21H15.C2H7Si.2ClH.Zr/c2*1-3-8-16(9-4-1)19-14-18-12-7-13-20(21(18)15-19)17-10-5-2-6-11-17;1-3-2;;;/h2*1-15H;3H,1-2H3;2*1H;/q;;;;;+2/p-2. The molecule has 0 N–H and O–H groups in total. The molecular weight excluding hydrogens is 719 g/mol. The molecule has 0 bridgehead atoms. The Labute approximate surface area is 293 Å². The molecule has 2 unspecified atom stereocenters. The van der Waals surface area contributed by atoms with E-state index in [1.54, 1.807) is 0 Å². The van der Waals surface area contributed by atoms with Gasteiger partial charge in [0.2, 0.25) is 0 Å². The van der Waals surface area contributed by atoms with Crippen LogP contribution in [0.3, 0.4) is 0 Å². The summed E-state index contributed by atoms with van der Waals surface area (Å²) < 4.78 is -0.128. The molecule has 6 aromatic rings. The molecule has 0 nitrogen and oxygen atoms in total. The zero-order chi connectivity index (χ0) is 32.9. The summed E-state index contributed by atoms with van der Waals surface area (Å²) in [6.45, 7) is 4.85. The van der Waals surface area contributed by atoms with E-state index in [9.17, 15) is 0 Å². The van der Waals surface area contributed by atoms with E-state index in [1.165, 1.54) is 66.8 Å². The van der Waals surface area contributed by atoms with E-state index in [2.05, 4.69) is 183 Å². The fourth-order valence-electron chi connectivity index (χ4n) is 8.33. The van der Waals surface area contributed by atoms with Gasteiger partial charge in [-0.05, 0) is 0 Å². The summed E-state index contributed by atoms with van der Waals surface area (Å²) in [5.74, 6) is -1.78. The average Bonchev–Trinajstić information content (AvgIpc) is 3.74. The van der Waals surface area contributed by atoms with E-state index >= 15 is 0 Å². The summed E-state index contributed by atoms with van der Waals surface area (Å²) in [5.41, 5.74) is 14.9. The first-order valence-corrected chi connectivity index (χ1v) is 33.2. The Bertz CT molecular complexity index is 2040. The third-order valence-corrected chi connectivity index (χ3v) is 62.3. The van der Waals surface area contributed by atoms with Gasteiger partial charge >= 0.3 is 296 Å². The van der Waals surface area contributed by atoms with Crippen LogP contribution in [-0.4, -0.2) is 5.92 Å². The van der Waals surface area contributed by atoms with E-state index in [4.69, 9.17) is 17.0 Å². The molecule has 0 radical (unpaired) electrons. The van der Waals surface area contributed by atoms with Gasteiger partial charge in [0, 0.05) is 0 Å². The molecule has 2 aliphatic carbocycles. The van der Waals surface area contributed by atoms with Crippen molar-refractivity contribution in [3.05, 3.63) is 191 Å². The van der Waals surface area contributed by atoms with Crippen LogP contribution in [0.5, 0.6) is 0 Å². The van der Waals surface area contributed by atoms with Gasteiger partial charge in [-0.15, -0.1) is 0 Å². The van der Waals surface area contributed by atoms with Gasteiger partial charge < -0.3 is 0 Å². The van der Waals surface area contributed by atoms with Crippen molar-refractivity contribution >= 4 is 46.2 Å². The molecule has 0 spiro atoms.